The number of rotatable bonds is 2. The van der Waals surface area contributed by atoms with Crippen LogP contribution in [0.4, 0.5) is 11.4 Å². The van der Waals surface area contributed by atoms with Gasteiger partial charge in [0.1, 0.15) is 5.71 Å². The molecule has 0 fully saturated rings. The van der Waals surface area contributed by atoms with Crippen LogP contribution in [0.15, 0.2) is 53.5 Å². The number of aliphatic imine (C=N–C) groups is 1. The topological polar surface area (TPSA) is 70.0 Å². The van der Waals surface area contributed by atoms with E-state index in [1.165, 1.54) is 17.0 Å². The van der Waals surface area contributed by atoms with Gasteiger partial charge in [-0.15, -0.1) is 0 Å². The Kier molecular flexibility index (Phi) is 11.1. The van der Waals surface area contributed by atoms with Gasteiger partial charge in [-0.2, -0.15) is 0 Å². The van der Waals surface area contributed by atoms with Crippen LogP contribution in [0.25, 0.3) is 0 Å². The van der Waals surface area contributed by atoms with Gasteiger partial charge in [-0.05, 0) is 24.3 Å². The fourth-order valence-electron chi connectivity index (χ4n) is 2.30. The molecule has 0 atom stereocenters. The zero-order chi connectivity index (χ0) is 21.0. The van der Waals surface area contributed by atoms with Crippen LogP contribution in [0.5, 0.6) is 0 Å². The molecule has 5 heteroatoms. The van der Waals surface area contributed by atoms with Gasteiger partial charge in [0.05, 0.1) is 16.9 Å². The van der Waals surface area contributed by atoms with Crippen molar-refractivity contribution in [2.24, 2.45) is 4.99 Å². The van der Waals surface area contributed by atoms with E-state index in [0.717, 1.165) is 11.3 Å². The van der Waals surface area contributed by atoms with E-state index in [1.54, 1.807) is 19.2 Å². The molecule has 0 radical (unpaired) electrons. The lowest BCUT2D eigenvalue weighted by molar-refractivity contribution is -0.111. The Bertz CT molecular complexity index is 783. The molecule has 0 saturated heterocycles. The van der Waals surface area contributed by atoms with Crippen molar-refractivity contribution in [1.82, 2.24) is 0 Å². The van der Waals surface area contributed by atoms with Crippen LogP contribution in [-0.4, -0.2) is 29.7 Å². The third-order valence-electron chi connectivity index (χ3n) is 3.36. The first-order valence-electron chi connectivity index (χ1n) is 9.37. The zero-order valence-electron chi connectivity index (χ0n) is 17.3. The largest absolute Gasteiger partial charge is 0.478 e. The molecule has 0 aromatic heterocycles. The number of hydrogen-bond acceptors (Lipinski definition) is 3. The van der Waals surface area contributed by atoms with Gasteiger partial charge in [0, 0.05) is 12.6 Å². The molecule has 5 nitrogen and oxygen atoms in total. The van der Waals surface area contributed by atoms with Crippen LogP contribution in [0.1, 0.15) is 57.5 Å². The van der Waals surface area contributed by atoms with E-state index in [-0.39, 0.29) is 11.5 Å². The fraction of sp³-hybridized carbons (Fsp3) is 0.318. The van der Waals surface area contributed by atoms with E-state index in [1.807, 2.05) is 65.8 Å². The van der Waals surface area contributed by atoms with Gasteiger partial charge in [0.25, 0.3) is 5.91 Å². The lowest BCUT2D eigenvalue weighted by Crippen LogP contribution is -2.25. The molecule has 0 unspecified atom stereocenters. The summed E-state index contributed by atoms with van der Waals surface area (Å²) in [6.45, 7) is 12.0. The van der Waals surface area contributed by atoms with Crippen LogP contribution in [-0.2, 0) is 4.79 Å². The molecule has 2 aromatic carbocycles. The minimum atomic E-state index is -1.02. The van der Waals surface area contributed by atoms with Crippen LogP contribution in [0.3, 0.4) is 0 Å². The second-order valence-electron chi connectivity index (χ2n) is 4.70. The molecule has 1 heterocycles. The number of benzene rings is 2. The first-order valence-corrected chi connectivity index (χ1v) is 9.37. The maximum Gasteiger partial charge on any atom is 0.335 e. The van der Waals surface area contributed by atoms with Crippen molar-refractivity contribution < 1.29 is 14.7 Å². The zero-order valence-corrected chi connectivity index (χ0v) is 17.3. The van der Waals surface area contributed by atoms with E-state index in [2.05, 4.69) is 4.99 Å². The summed E-state index contributed by atoms with van der Waals surface area (Å²) < 4.78 is 0. The summed E-state index contributed by atoms with van der Waals surface area (Å²) in [6, 6.07) is 13.6. The molecule has 27 heavy (non-hydrogen) atoms. The maximum absolute atomic E-state index is 12.3. The number of nitrogens with zero attached hydrogens (tertiary/aromatic N) is 2. The third kappa shape index (κ3) is 5.78. The van der Waals surface area contributed by atoms with Gasteiger partial charge in [-0.3, -0.25) is 4.79 Å². The normalized spacial score (nSPS) is 12.6. The summed E-state index contributed by atoms with van der Waals surface area (Å²) >= 11 is 0. The highest BCUT2D eigenvalue weighted by Crippen LogP contribution is 2.29. The predicted molar refractivity (Wildman–Crippen MR) is 113 cm³/mol. The van der Waals surface area contributed by atoms with Crippen molar-refractivity contribution in [1.29, 1.82) is 0 Å². The third-order valence-corrected chi connectivity index (χ3v) is 3.36. The number of hydrogen-bond donors (Lipinski definition) is 1. The number of aromatic carboxylic acids is 1. The Balaban J connectivity index is 0.00000103. The van der Waals surface area contributed by atoms with Crippen LogP contribution in [0.2, 0.25) is 0 Å². The van der Waals surface area contributed by atoms with Gasteiger partial charge < -0.3 is 10.0 Å². The van der Waals surface area contributed by atoms with E-state index >= 15 is 0 Å². The Morgan fingerprint density at radius 2 is 1.52 bits per heavy atom. The number of amides is 1. The number of anilines is 1. The first kappa shape index (κ1) is 24.1. The number of carbonyl (C=O) groups excluding carboxylic acids is 1. The molecule has 0 saturated carbocycles. The van der Waals surface area contributed by atoms with Crippen LogP contribution < -0.4 is 4.90 Å². The molecular weight excluding hydrogens is 340 g/mol. The second-order valence-corrected chi connectivity index (χ2v) is 4.70. The summed E-state index contributed by atoms with van der Waals surface area (Å²) in [6.07, 6.45) is 0. The molecule has 1 aliphatic heterocycles. The molecule has 1 amide bonds. The standard InChI is InChI=1S/C16H12N2O3.3C2H6/c1-18-13-8-3-2-7-12(13)14(15(18)19)17-11-6-4-5-10(9-11)16(20)21;3*1-2/h2-9H,1H3,(H,20,21);3*1-2H3. The van der Waals surface area contributed by atoms with Gasteiger partial charge in [0.2, 0.25) is 0 Å². The van der Waals surface area contributed by atoms with E-state index < -0.39 is 5.97 Å². The molecule has 0 aliphatic carbocycles. The monoisotopic (exact) mass is 370 g/mol. The molecule has 146 valence electrons. The van der Waals surface area contributed by atoms with Gasteiger partial charge >= 0.3 is 5.97 Å². The maximum atomic E-state index is 12.3. The predicted octanol–water partition coefficient (Wildman–Crippen LogP) is 5.56. The Morgan fingerprint density at radius 1 is 0.926 bits per heavy atom. The minimum Gasteiger partial charge on any atom is -0.478 e. The van der Waals surface area contributed by atoms with Crippen LogP contribution >= 0.6 is 0 Å². The van der Waals surface area contributed by atoms with Crippen molar-refractivity contribution in [2.45, 2.75) is 41.5 Å². The van der Waals surface area contributed by atoms with Crippen molar-refractivity contribution in [3.8, 4) is 0 Å². The van der Waals surface area contributed by atoms with Gasteiger partial charge in [0.15, 0.2) is 0 Å². The van der Waals surface area contributed by atoms with E-state index in [4.69, 9.17) is 5.11 Å². The van der Waals surface area contributed by atoms with E-state index in [0.29, 0.717) is 11.4 Å². The Morgan fingerprint density at radius 3 is 2.11 bits per heavy atom. The van der Waals surface area contributed by atoms with Crippen molar-refractivity contribution in [3.63, 3.8) is 0 Å². The molecular formula is C22H30N2O3. The van der Waals surface area contributed by atoms with Crippen molar-refractivity contribution >= 4 is 29.0 Å². The Hall–Kier alpha value is -2.95. The Labute approximate surface area is 162 Å². The summed E-state index contributed by atoms with van der Waals surface area (Å²) in [5.41, 5.74) is 2.48. The highest BCUT2D eigenvalue weighted by Gasteiger charge is 2.30. The molecule has 0 bridgehead atoms. The summed E-state index contributed by atoms with van der Waals surface area (Å²) in [7, 11) is 1.69. The minimum absolute atomic E-state index is 0.143. The first-order chi connectivity index (χ1) is 13.1. The SMILES string of the molecule is CC.CC.CC.CN1C(=O)C(=Nc2cccc(C(=O)O)c2)c2ccccc21. The molecule has 1 N–H and O–H groups in total. The molecule has 3 rings (SSSR count). The van der Waals surface area contributed by atoms with Gasteiger partial charge in [-0.1, -0.05) is 65.8 Å². The van der Waals surface area contributed by atoms with Crippen LogP contribution in [0, 0.1) is 0 Å². The lowest BCUT2D eigenvalue weighted by Gasteiger charge is -2.07. The lowest BCUT2D eigenvalue weighted by atomic mass is 10.1. The smallest absolute Gasteiger partial charge is 0.335 e. The van der Waals surface area contributed by atoms with Crippen molar-refractivity contribution in [3.05, 3.63) is 59.7 Å². The van der Waals surface area contributed by atoms with Crippen molar-refractivity contribution in [2.75, 3.05) is 11.9 Å². The number of carbonyl (C=O) groups is 2. The number of carboxylic acid groups (broad SMARTS) is 1. The summed E-state index contributed by atoms with van der Waals surface area (Å²) in [4.78, 5) is 29.1. The van der Waals surface area contributed by atoms with E-state index in [9.17, 15) is 9.59 Å². The fourth-order valence-corrected chi connectivity index (χ4v) is 2.30. The average Bonchev–Trinajstić information content (AvgIpc) is 2.98. The number of carboxylic acids is 1. The average molecular weight is 370 g/mol. The highest BCUT2D eigenvalue weighted by molar-refractivity contribution is 6.54. The second kappa shape index (κ2) is 12.4. The number of likely N-dealkylation sites (N-methyl/N-ethyl adjacent to an activating group) is 1. The number of para-hydroxylation sites is 1. The molecule has 1 aliphatic rings. The molecule has 0 spiro atoms. The van der Waals surface area contributed by atoms with Gasteiger partial charge in [-0.25, -0.2) is 9.79 Å². The summed E-state index contributed by atoms with van der Waals surface area (Å²) in [5, 5.41) is 9.00. The number of fused-ring (bicyclic) bond motifs is 1. The quantitative estimate of drug-likeness (QED) is 0.752. The highest BCUT2D eigenvalue weighted by atomic mass is 16.4. The summed E-state index contributed by atoms with van der Waals surface area (Å²) in [5.74, 6) is -1.22. The molecule has 2 aromatic rings.